The number of aliphatic hydroxyl groups is 1. The molecule has 1 heterocycles. The minimum Gasteiger partial charge on any atom is -0.388 e. The molecule has 0 aliphatic heterocycles. The Morgan fingerprint density at radius 2 is 1.88 bits per heavy atom. The first-order chi connectivity index (χ1) is 11.9. The summed E-state index contributed by atoms with van der Waals surface area (Å²) in [5.41, 5.74) is 2.33. The lowest BCUT2D eigenvalue weighted by Crippen LogP contribution is -2.11. The van der Waals surface area contributed by atoms with E-state index >= 15 is 0 Å². The number of rotatable bonds is 6. The van der Waals surface area contributed by atoms with Gasteiger partial charge in [0, 0.05) is 5.57 Å². The molecule has 1 aromatic carbocycles. The molecule has 1 aromatic heterocycles. The Balaban J connectivity index is 0.00000151. The first kappa shape index (κ1) is 20.6. The molecule has 3 N–H and O–H groups in total. The monoisotopic (exact) mass is 362 g/mol. The molecule has 0 saturated heterocycles. The van der Waals surface area contributed by atoms with Crippen molar-refractivity contribution in [3.63, 3.8) is 0 Å². The second-order valence-electron chi connectivity index (χ2n) is 4.62. The van der Waals surface area contributed by atoms with Crippen LogP contribution in [0.4, 0.5) is 0 Å². The third-order valence-corrected chi connectivity index (χ3v) is 4.10. The van der Waals surface area contributed by atoms with Gasteiger partial charge in [-0.1, -0.05) is 62.5 Å². The molecule has 0 aliphatic rings. The summed E-state index contributed by atoms with van der Waals surface area (Å²) in [7, 11) is -3.77. The summed E-state index contributed by atoms with van der Waals surface area (Å²) in [5, 5.41) is 18.5. The van der Waals surface area contributed by atoms with Gasteiger partial charge in [-0.15, -0.1) is 0 Å². The van der Waals surface area contributed by atoms with E-state index in [1.807, 2.05) is 13.8 Å². The quantitative estimate of drug-likeness (QED) is 0.767. The zero-order valence-electron chi connectivity index (χ0n) is 14.3. The number of aromatic nitrogens is 1. The maximum absolute atomic E-state index is 11.3. The Labute approximate surface area is 148 Å². The first-order valence-electron chi connectivity index (χ1n) is 7.60. The molecule has 0 aliphatic carbocycles. The molecule has 7 heteroatoms. The maximum atomic E-state index is 11.3. The van der Waals surface area contributed by atoms with Gasteiger partial charge in [-0.3, -0.25) is 0 Å². The van der Waals surface area contributed by atoms with E-state index in [1.165, 1.54) is 12.1 Å². The van der Waals surface area contributed by atoms with E-state index in [0.29, 0.717) is 22.4 Å². The van der Waals surface area contributed by atoms with Crippen molar-refractivity contribution in [2.75, 3.05) is 0 Å². The normalized spacial score (nSPS) is 11.4. The van der Waals surface area contributed by atoms with Gasteiger partial charge in [0.05, 0.1) is 10.5 Å². The van der Waals surface area contributed by atoms with Gasteiger partial charge in [0.25, 0.3) is 0 Å². The van der Waals surface area contributed by atoms with Gasteiger partial charge in [0.1, 0.15) is 12.3 Å². The van der Waals surface area contributed by atoms with Gasteiger partial charge in [0.2, 0.25) is 10.0 Å². The third-order valence-electron chi connectivity index (χ3n) is 3.17. The van der Waals surface area contributed by atoms with E-state index in [-0.39, 0.29) is 17.3 Å². The summed E-state index contributed by atoms with van der Waals surface area (Å²) in [6.07, 6.45) is 4.87. The van der Waals surface area contributed by atoms with Crippen LogP contribution in [0.15, 0.2) is 65.1 Å². The average molecular weight is 362 g/mol. The van der Waals surface area contributed by atoms with Crippen molar-refractivity contribution < 1.29 is 18.0 Å². The molecule has 0 saturated carbocycles. The van der Waals surface area contributed by atoms with Gasteiger partial charge in [-0.25, -0.2) is 13.6 Å². The zero-order valence-corrected chi connectivity index (χ0v) is 15.1. The molecular weight excluding hydrogens is 340 g/mol. The van der Waals surface area contributed by atoms with Crippen molar-refractivity contribution in [2.45, 2.75) is 25.3 Å². The number of hydrogen-bond donors (Lipinski definition) is 2. The van der Waals surface area contributed by atoms with Gasteiger partial charge in [0.15, 0.2) is 5.76 Å². The van der Waals surface area contributed by atoms with Crippen molar-refractivity contribution in [3.05, 3.63) is 67.1 Å². The van der Waals surface area contributed by atoms with Crippen molar-refractivity contribution >= 4 is 15.6 Å². The Hall–Kier alpha value is -2.48. The van der Waals surface area contributed by atoms with Crippen LogP contribution >= 0.6 is 0 Å². The second-order valence-corrected chi connectivity index (χ2v) is 6.18. The lowest BCUT2D eigenvalue weighted by molar-refractivity contribution is 0.229. The minimum atomic E-state index is -3.77. The highest BCUT2D eigenvalue weighted by Gasteiger charge is 2.19. The third kappa shape index (κ3) is 4.76. The number of benzene rings is 1. The number of nitrogens with two attached hydrogens (primary N) is 1. The molecule has 2 rings (SSSR count). The van der Waals surface area contributed by atoms with Crippen LogP contribution in [0, 0.1) is 0 Å². The number of hydrogen-bond acceptors (Lipinski definition) is 5. The van der Waals surface area contributed by atoms with E-state index in [0.717, 1.165) is 0 Å². The van der Waals surface area contributed by atoms with Crippen LogP contribution < -0.4 is 5.14 Å². The van der Waals surface area contributed by atoms with Crippen molar-refractivity contribution in [1.82, 2.24) is 5.16 Å². The predicted molar refractivity (Wildman–Crippen MR) is 99.0 cm³/mol. The number of allylic oxidation sites excluding steroid dienone is 4. The van der Waals surface area contributed by atoms with Crippen molar-refractivity contribution in [3.8, 4) is 11.1 Å². The Morgan fingerprint density at radius 1 is 1.28 bits per heavy atom. The fourth-order valence-electron chi connectivity index (χ4n) is 2.11. The summed E-state index contributed by atoms with van der Waals surface area (Å²) >= 11 is 0. The lowest BCUT2D eigenvalue weighted by Gasteiger charge is -2.05. The molecule has 2 aromatic rings. The van der Waals surface area contributed by atoms with Crippen LogP contribution in [0.2, 0.25) is 0 Å². The van der Waals surface area contributed by atoms with E-state index < -0.39 is 10.0 Å². The zero-order chi connectivity index (χ0) is 19.0. The molecule has 0 atom stereocenters. The standard InChI is InChI=1S/C16H16N2O4S.C2H6/c1-3-5-11(4-2)16-15(14(10-19)22-18-16)12-6-8-13(9-7-12)23(17,20)21;1-2/h3-9,19H,1-2,10H2,(H2,17,20,21);1-2H3/b11-5+;. The van der Waals surface area contributed by atoms with Crippen molar-refractivity contribution in [2.24, 2.45) is 5.14 Å². The topological polar surface area (TPSA) is 106 Å². The Morgan fingerprint density at radius 3 is 2.32 bits per heavy atom. The van der Waals surface area contributed by atoms with Crippen LogP contribution in [0.3, 0.4) is 0 Å². The molecule has 0 spiro atoms. The Bertz CT molecular complexity index is 863. The van der Waals surface area contributed by atoms with Crippen LogP contribution in [0.25, 0.3) is 16.7 Å². The van der Waals surface area contributed by atoms with E-state index in [2.05, 4.69) is 18.3 Å². The molecule has 0 radical (unpaired) electrons. The fraction of sp³-hybridized carbons (Fsp3) is 0.167. The summed E-state index contributed by atoms with van der Waals surface area (Å²) in [4.78, 5) is -0.00428. The smallest absolute Gasteiger partial charge is 0.238 e. The highest BCUT2D eigenvalue weighted by molar-refractivity contribution is 7.89. The summed E-state index contributed by atoms with van der Waals surface area (Å²) in [5.74, 6) is 0.264. The summed E-state index contributed by atoms with van der Waals surface area (Å²) in [6, 6.07) is 5.91. The highest BCUT2D eigenvalue weighted by atomic mass is 32.2. The van der Waals surface area contributed by atoms with Crippen LogP contribution in [0.1, 0.15) is 25.3 Å². The SMILES string of the molecule is C=C/C=C(\C=C)c1noc(CO)c1-c1ccc(S(N)(=O)=O)cc1.CC. The molecule has 25 heavy (non-hydrogen) atoms. The number of primary sulfonamides is 1. The molecular formula is C18H22N2O4S. The van der Waals surface area contributed by atoms with Gasteiger partial charge < -0.3 is 9.63 Å². The molecule has 134 valence electrons. The predicted octanol–water partition coefficient (Wildman–Crippen LogP) is 3.26. The van der Waals surface area contributed by atoms with Crippen LogP contribution in [0.5, 0.6) is 0 Å². The van der Waals surface area contributed by atoms with Crippen molar-refractivity contribution in [1.29, 1.82) is 0 Å². The highest BCUT2D eigenvalue weighted by Crippen LogP contribution is 2.33. The number of aliphatic hydroxyl groups excluding tert-OH is 1. The molecule has 0 unspecified atom stereocenters. The summed E-state index contributed by atoms with van der Waals surface area (Å²) in [6.45, 7) is 11.0. The summed E-state index contributed by atoms with van der Waals surface area (Å²) < 4.78 is 27.8. The van der Waals surface area contributed by atoms with E-state index in [1.54, 1.807) is 30.4 Å². The minimum absolute atomic E-state index is 0.00428. The van der Waals surface area contributed by atoms with E-state index in [4.69, 9.17) is 9.66 Å². The Kier molecular flexibility index (Phi) is 7.50. The average Bonchev–Trinajstić information content (AvgIpc) is 3.04. The second kappa shape index (κ2) is 9.12. The largest absolute Gasteiger partial charge is 0.388 e. The lowest BCUT2D eigenvalue weighted by atomic mass is 9.99. The van der Waals surface area contributed by atoms with Crippen LogP contribution in [-0.4, -0.2) is 18.7 Å². The molecule has 0 bridgehead atoms. The van der Waals surface area contributed by atoms with Gasteiger partial charge in [-0.2, -0.15) is 0 Å². The molecule has 6 nitrogen and oxygen atoms in total. The molecule has 0 amide bonds. The fourth-order valence-corrected chi connectivity index (χ4v) is 2.62. The maximum Gasteiger partial charge on any atom is 0.238 e. The van der Waals surface area contributed by atoms with Gasteiger partial charge >= 0.3 is 0 Å². The first-order valence-corrected chi connectivity index (χ1v) is 9.15. The van der Waals surface area contributed by atoms with E-state index in [9.17, 15) is 13.5 Å². The number of nitrogens with zero attached hydrogens (tertiary/aromatic N) is 1. The number of sulfonamides is 1. The molecule has 0 fully saturated rings. The van der Waals surface area contributed by atoms with Gasteiger partial charge in [-0.05, 0) is 17.7 Å². The van der Waals surface area contributed by atoms with Crippen LogP contribution in [-0.2, 0) is 16.6 Å².